The van der Waals surface area contributed by atoms with Crippen LogP contribution in [0, 0.1) is 0 Å². The zero-order valence-electron chi connectivity index (χ0n) is 15.0. The topological polar surface area (TPSA) is 82.5 Å². The summed E-state index contributed by atoms with van der Waals surface area (Å²) in [5, 5.41) is -0.158. The smallest absolute Gasteiger partial charge is 0.387 e. The minimum Gasteiger partial charge on any atom is -0.497 e. The van der Waals surface area contributed by atoms with E-state index < -0.39 is 16.6 Å². The number of imidazole rings is 1. The van der Waals surface area contributed by atoms with Crippen molar-refractivity contribution < 1.29 is 26.7 Å². The lowest BCUT2D eigenvalue weighted by Gasteiger charge is -2.14. The standard InChI is InChI=1S/C18H17F2N3O4S/c1-23-10-17(21-11-23)28(24,25)22-13-5-8-16(27-18(19)20)15(9-13)12-3-6-14(26-2)7-4-12/h3-11,18,22H,1-2H3. The molecule has 0 radical (unpaired) electrons. The van der Waals surface area contributed by atoms with Crippen LogP contribution in [0.25, 0.3) is 11.1 Å². The average Bonchev–Trinajstić information content (AvgIpc) is 3.10. The SMILES string of the molecule is COc1ccc(-c2cc(NS(=O)(=O)c3cn(C)cn3)ccc2OC(F)F)cc1. The first-order valence-electron chi connectivity index (χ1n) is 8.02. The van der Waals surface area contributed by atoms with E-state index in [0.29, 0.717) is 16.9 Å². The number of nitrogens with zero attached hydrogens (tertiary/aromatic N) is 2. The Morgan fingerprint density at radius 1 is 1.14 bits per heavy atom. The Balaban J connectivity index is 1.99. The molecule has 148 valence electrons. The number of halogens is 2. The van der Waals surface area contributed by atoms with Crippen LogP contribution in [0.4, 0.5) is 14.5 Å². The van der Waals surface area contributed by atoms with Crippen LogP contribution in [-0.2, 0) is 17.1 Å². The minimum absolute atomic E-state index is 0.0825. The van der Waals surface area contributed by atoms with E-state index in [1.165, 1.54) is 42.4 Å². The van der Waals surface area contributed by atoms with E-state index in [9.17, 15) is 17.2 Å². The summed E-state index contributed by atoms with van der Waals surface area (Å²) in [6.45, 7) is -3.02. The average molecular weight is 409 g/mol. The van der Waals surface area contributed by atoms with Crippen molar-refractivity contribution in [3.63, 3.8) is 0 Å². The number of aryl methyl sites for hydroxylation is 1. The van der Waals surface area contributed by atoms with E-state index in [1.807, 2.05) is 0 Å². The second-order valence-corrected chi connectivity index (χ2v) is 7.43. The Morgan fingerprint density at radius 2 is 1.86 bits per heavy atom. The van der Waals surface area contributed by atoms with Gasteiger partial charge in [-0.2, -0.15) is 17.2 Å². The van der Waals surface area contributed by atoms with Gasteiger partial charge >= 0.3 is 6.61 Å². The van der Waals surface area contributed by atoms with Crippen molar-refractivity contribution in [2.24, 2.45) is 7.05 Å². The highest BCUT2D eigenvalue weighted by Gasteiger charge is 2.19. The van der Waals surface area contributed by atoms with Gasteiger partial charge in [-0.25, -0.2) is 4.98 Å². The molecule has 0 fully saturated rings. The van der Waals surface area contributed by atoms with Crippen LogP contribution in [0.5, 0.6) is 11.5 Å². The summed E-state index contributed by atoms with van der Waals surface area (Å²) in [6.07, 6.45) is 2.71. The molecule has 2 aromatic carbocycles. The van der Waals surface area contributed by atoms with Gasteiger partial charge in [0.15, 0.2) is 5.03 Å². The summed E-state index contributed by atoms with van der Waals surface area (Å²) >= 11 is 0. The maximum absolute atomic E-state index is 12.8. The van der Waals surface area contributed by atoms with Crippen molar-refractivity contribution >= 4 is 15.7 Å². The third-order valence-electron chi connectivity index (χ3n) is 3.81. The fraction of sp³-hybridized carbons (Fsp3) is 0.167. The van der Waals surface area contributed by atoms with Gasteiger partial charge in [0.1, 0.15) is 11.5 Å². The number of rotatable bonds is 7. The lowest BCUT2D eigenvalue weighted by molar-refractivity contribution is -0.0494. The van der Waals surface area contributed by atoms with E-state index in [4.69, 9.17) is 4.74 Å². The molecule has 0 spiro atoms. The molecule has 1 N–H and O–H groups in total. The number of methoxy groups -OCH3 is 1. The summed E-state index contributed by atoms with van der Waals surface area (Å²) in [4.78, 5) is 3.81. The third-order valence-corrected chi connectivity index (χ3v) is 5.07. The number of anilines is 1. The molecule has 0 saturated heterocycles. The minimum atomic E-state index is -3.93. The third kappa shape index (κ3) is 4.39. The van der Waals surface area contributed by atoms with Crippen molar-refractivity contribution in [1.29, 1.82) is 0 Å². The van der Waals surface area contributed by atoms with Crippen LogP contribution in [0.1, 0.15) is 0 Å². The van der Waals surface area contributed by atoms with Gasteiger partial charge in [-0.3, -0.25) is 4.72 Å². The quantitative estimate of drug-likeness (QED) is 0.646. The number of nitrogens with one attached hydrogen (secondary N) is 1. The van der Waals surface area contributed by atoms with E-state index in [0.717, 1.165) is 0 Å². The second-order valence-electron chi connectivity index (χ2n) is 5.80. The lowest BCUT2D eigenvalue weighted by Crippen LogP contribution is -2.13. The number of benzene rings is 2. The summed E-state index contributed by atoms with van der Waals surface area (Å²) < 4.78 is 64.0. The molecular formula is C18H17F2N3O4S. The number of sulfonamides is 1. The monoisotopic (exact) mass is 409 g/mol. The first-order chi connectivity index (χ1) is 13.3. The normalized spacial score (nSPS) is 11.5. The molecule has 3 aromatic rings. The van der Waals surface area contributed by atoms with Crippen LogP contribution in [-0.4, -0.2) is 31.7 Å². The van der Waals surface area contributed by atoms with Gasteiger partial charge in [0.05, 0.1) is 13.4 Å². The van der Waals surface area contributed by atoms with Crippen molar-refractivity contribution in [2.75, 3.05) is 11.8 Å². The molecular weight excluding hydrogens is 392 g/mol. The molecule has 0 bridgehead atoms. The van der Waals surface area contributed by atoms with Gasteiger partial charge in [-0.15, -0.1) is 0 Å². The highest BCUT2D eigenvalue weighted by molar-refractivity contribution is 7.92. The van der Waals surface area contributed by atoms with Gasteiger partial charge in [-0.1, -0.05) is 12.1 Å². The van der Waals surface area contributed by atoms with Crippen LogP contribution in [0.15, 0.2) is 60.0 Å². The molecule has 0 aliphatic heterocycles. The number of hydrogen-bond donors (Lipinski definition) is 1. The summed E-state index contributed by atoms with van der Waals surface area (Å²) in [5.41, 5.74) is 1.03. The van der Waals surface area contributed by atoms with E-state index in [2.05, 4.69) is 14.4 Å². The molecule has 1 aromatic heterocycles. The van der Waals surface area contributed by atoms with Crippen molar-refractivity contribution in [1.82, 2.24) is 9.55 Å². The molecule has 0 aliphatic carbocycles. The molecule has 3 rings (SSSR count). The van der Waals surface area contributed by atoms with Gasteiger partial charge < -0.3 is 14.0 Å². The Bertz CT molecular complexity index is 1070. The van der Waals surface area contributed by atoms with E-state index >= 15 is 0 Å². The predicted molar refractivity (Wildman–Crippen MR) is 99.1 cm³/mol. The number of alkyl halides is 2. The van der Waals surface area contributed by atoms with Gasteiger partial charge in [0.25, 0.3) is 10.0 Å². The molecule has 0 unspecified atom stereocenters. The van der Waals surface area contributed by atoms with Crippen LogP contribution >= 0.6 is 0 Å². The first kappa shape index (κ1) is 19.6. The Kier molecular flexibility index (Phi) is 5.50. The maximum atomic E-state index is 12.8. The molecule has 0 amide bonds. The Morgan fingerprint density at radius 3 is 2.43 bits per heavy atom. The Labute approximate surface area is 160 Å². The molecule has 10 heteroatoms. The maximum Gasteiger partial charge on any atom is 0.387 e. The van der Waals surface area contributed by atoms with Gasteiger partial charge in [-0.05, 0) is 35.9 Å². The predicted octanol–water partition coefficient (Wildman–Crippen LogP) is 3.50. The summed E-state index contributed by atoms with van der Waals surface area (Å²) in [5.74, 6) is 0.507. The number of aromatic nitrogens is 2. The largest absolute Gasteiger partial charge is 0.497 e. The van der Waals surface area contributed by atoms with Crippen molar-refractivity contribution in [3.05, 3.63) is 55.0 Å². The number of ether oxygens (including phenoxy) is 2. The molecule has 28 heavy (non-hydrogen) atoms. The Hall–Kier alpha value is -3.14. The zero-order chi connectivity index (χ0) is 20.3. The fourth-order valence-electron chi connectivity index (χ4n) is 2.52. The summed E-state index contributed by atoms with van der Waals surface area (Å²) in [6, 6.07) is 10.7. The zero-order valence-corrected chi connectivity index (χ0v) is 15.8. The molecule has 0 aliphatic rings. The van der Waals surface area contributed by atoms with Crippen LogP contribution in [0.2, 0.25) is 0 Å². The number of hydrogen-bond acceptors (Lipinski definition) is 5. The van der Waals surface area contributed by atoms with E-state index in [1.54, 1.807) is 31.3 Å². The molecule has 0 atom stereocenters. The van der Waals surface area contributed by atoms with Crippen molar-refractivity contribution in [3.8, 4) is 22.6 Å². The highest BCUT2D eigenvalue weighted by Crippen LogP contribution is 2.35. The fourth-order valence-corrected chi connectivity index (χ4v) is 3.56. The summed E-state index contributed by atoms with van der Waals surface area (Å²) in [7, 11) is -0.778. The molecule has 1 heterocycles. The van der Waals surface area contributed by atoms with Crippen molar-refractivity contribution in [2.45, 2.75) is 11.6 Å². The van der Waals surface area contributed by atoms with E-state index in [-0.39, 0.29) is 16.5 Å². The van der Waals surface area contributed by atoms with Gasteiger partial charge in [0, 0.05) is 24.5 Å². The van der Waals surface area contributed by atoms with Gasteiger partial charge in [0.2, 0.25) is 0 Å². The molecule has 7 nitrogen and oxygen atoms in total. The van der Waals surface area contributed by atoms with Crippen LogP contribution in [0.3, 0.4) is 0 Å². The first-order valence-corrected chi connectivity index (χ1v) is 9.51. The molecule has 0 saturated carbocycles. The lowest BCUT2D eigenvalue weighted by atomic mass is 10.0. The van der Waals surface area contributed by atoms with Crippen LogP contribution < -0.4 is 14.2 Å². The highest BCUT2D eigenvalue weighted by atomic mass is 32.2. The second kappa shape index (κ2) is 7.85.